The van der Waals surface area contributed by atoms with Gasteiger partial charge in [-0.05, 0) is 103 Å². The van der Waals surface area contributed by atoms with Gasteiger partial charge in [0.15, 0.2) is 0 Å². The van der Waals surface area contributed by atoms with Gasteiger partial charge in [-0.25, -0.2) is 47.9 Å². The highest BCUT2D eigenvalue weighted by atomic mass is 16.7. The summed E-state index contributed by atoms with van der Waals surface area (Å²) in [4.78, 5) is 124. The Bertz CT molecular complexity index is 2930. The Hall–Kier alpha value is -8.98. The molecule has 2 atom stereocenters. The van der Waals surface area contributed by atoms with Crippen LogP contribution < -0.4 is 0 Å². The van der Waals surface area contributed by atoms with Crippen molar-refractivity contribution in [3.8, 4) is 0 Å². The first-order chi connectivity index (χ1) is 65.0. The molecule has 760 valence electrons. The van der Waals surface area contributed by atoms with Crippen LogP contribution in [0.3, 0.4) is 0 Å². The fraction of sp³-hybridized carbons (Fsp3) is 0.717. The number of unbranched alkanes of at least 4 members (excludes halogenated alkanes) is 50. The second-order valence-electron chi connectivity index (χ2n) is 33.2. The van der Waals surface area contributed by atoms with Crippen molar-refractivity contribution >= 4 is 59.7 Å². The van der Waals surface area contributed by atoms with Gasteiger partial charge in [0.2, 0.25) is 12.6 Å². The topological polar surface area (TPSA) is 328 Å². The van der Waals surface area contributed by atoms with Crippen LogP contribution in [0.5, 0.6) is 0 Å². The van der Waals surface area contributed by atoms with Crippen LogP contribution in [-0.2, 0) is 128 Å². The lowest BCUT2D eigenvalue weighted by atomic mass is 10.1. The Morgan fingerprint density at radius 3 is 0.481 bits per heavy atom. The molecule has 0 aromatic carbocycles. The lowest BCUT2D eigenvalue weighted by Gasteiger charge is -2.19. The second kappa shape index (κ2) is 96.2. The molecule has 0 fully saturated rings. The molecule has 0 rings (SSSR count). The number of ether oxygens (including phenoxy) is 17. The summed E-state index contributed by atoms with van der Waals surface area (Å²) in [6.07, 6.45) is 59.9. The van der Waals surface area contributed by atoms with Crippen LogP contribution >= 0.6 is 0 Å². The molecule has 0 saturated heterocycles. The summed E-state index contributed by atoms with van der Waals surface area (Å²) in [6, 6.07) is 0. The molecule has 133 heavy (non-hydrogen) atoms. The largest absolute Gasteiger partial charge is 0.482 e. The van der Waals surface area contributed by atoms with E-state index in [1.165, 1.54) is 12.2 Å². The third kappa shape index (κ3) is 83.4. The van der Waals surface area contributed by atoms with Crippen LogP contribution in [0.15, 0.2) is 125 Å². The van der Waals surface area contributed by atoms with E-state index in [1.807, 2.05) is 0 Å². The van der Waals surface area contributed by atoms with E-state index in [0.717, 1.165) is 370 Å². The van der Waals surface area contributed by atoms with E-state index < -0.39 is 72.3 Å². The minimum atomic E-state index is -1.14. The Kier molecular flexibility index (Phi) is 89.7. The Morgan fingerprint density at radius 1 is 0.165 bits per heavy atom. The first kappa shape index (κ1) is 124. The van der Waals surface area contributed by atoms with Gasteiger partial charge in [-0.1, -0.05) is 322 Å². The first-order valence-corrected chi connectivity index (χ1v) is 50.7. The summed E-state index contributed by atoms with van der Waals surface area (Å²) in [5.41, 5.74) is 0. The third-order valence-corrected chi connectivity index (χ3v) is 21.7. The van der Waals surface area contributed by atoms with Crippen molar-refractivity contribution in [2.24, 2.45) is 0 Å². The summed E-state index contributed by atoms with van der Waals surface area (Å²) >= 11 is 0. The zero-order chi connectivity index (χ0) is 97.2. The molecule has 0 radical (unpaired) electrons. The summed E-state index contributed by atoms with van der Waals surface area (Å²) < 4.78 is 98.4. The Morgan fingerprint density at radius 2 is 0.308 bits per heavy atom. The highest BCUT2D eigenvalue weighted by Gasteiger charge is 2.32. The molecular weight excluding hydrogens is 1710 g/mol. The molecule has 2 unspecified atom stereocenters. The van der Waals surface area contributed by atoms with E-state index in [2.05, 4.69) is 52.6 Å². The lowest BCUT2D eigenvalue weighted by molar-refractivity contribution is -0.176. The molecule has 0 aliphatic rings. The van der Waals surface area contributed by atoms with Crippen molar-refractivity contribution in [1.29, 1.82) is 0 Å². The Labute approximate surface area is 799 Å². The van der Waals surface area contributed by atoms with E-state index >= 15 is 9.59 Å². The smallest absolute Gasteiger partial charge is 0.389 e. The molecule has 0 bridgehead atoms. The first-order valence-electron chi connectivity index (χ1n) is 50.7. The molecule has 0 aliphatic carbocycles. The minimum Gasteiger partial charge on any atom is -0.482 e. The van der Waals surface area contributed by atoms with Crippen molar-refractivity contribution in [2.75, 3.05) is 92.5 Å². The fourth-order valence-corrected chi connectivity index (χ4v) is 13.9. The van der Waals surface area contributed by atoms with E-state index in [0.29, 0.717) is 104 Å². The molecule has 0 heterocycles. The van der Waals surface area contributed by atoms with Gasteiger partial charge in [-0.15, -0.1) is 0 Å². The maximum absolute atomic E-state index is 15.1. The van der Waals surface area contributed by atoms with Gasteiger partial charge >= 0.3 is 71.6 Å². The molecule has 0 N–H and O–H groups in total. The van der Waals surface area contributed by atoms with Crippen molar-refractivity contribution in [1.82, 2.24) is 0 Å². The van der Waals surface area contributed by atoms with Gasteiger partial charge in [0, 0.05) is 61.4 Å². The van der Waals surface area contributed by atoms with E-state index in [-0.39, 0.29) is 63.1 Å². The third-order valence-electron chi connectivity index (χ3n) is 21.7. The molecule has 0 aromatic rings. The number of carbonyl (C=O) groups is 10. The van der Waals surface area contributed by atoms with E-state index in [9.17, 15) is 38.4 Å². The summed E-state index contributed by atoms with van der Waals surface area (Å²) in [5, 5.41) is 0. The maximum Gasteiger partial charge on any atom is 0.389 e. The summed E-state index contributed by atoms with van der Waals surface area (Å²) in [6.45, 7) is 31.7. The molecule has 27 heteroatoms. The van der Waals surface area contributed by atoms with Crippen molar-refractivity contribution < 1.29 is 128 Å². The van der Waals surface area contributed by atoms with Crippen LogP contribution in [0.25, 0.3) is 0 Å². The number of carbonyl (C=O) groups excluding carboxylic acids is 10. The van der Waals surface area contributed by atoms with Gasteiger partial charge in [0.1, 0.15) is 0 Å². The van der Waals surface area contributed by atoms with Crippen LogP contribution in [-0.4, -0.2) is 165 Å². The number of hydrogen-bond acceptors (Lipinski definition) is 27. The van der Waals surface area contributed by atoms with Crippen LogP contribution in [0.4, 0.5) is 0 Å². The van der Waals surface area contributed by atoms with Crippen LogP contribution in [0, 0.1) is 0 Å². The quantitative estimate of drug-likeness (QED) is 0.0104. The van der Waals surface area contributed by atoms with E-state index in [4.69, 9.17) is 80.5 Å². The zero-order valence-electron chi connectivity index (χ0n) is 81.8. The van der Waals surface area contributed by atoms with Crippen molar-refractivity contribution in [3.05, 3.63) is 125 Å². The van der Waals surface area contributed by atoms with Gasteiger partial charge in [0.05, 0.1) is 92.5 Å². The SMILES string of the molecule is C=CC(=O)OCCCCCCCCCCOC(OCCCCCCCCCCC(OCCCCCCCCOC(=O)C=C)OC(=O)C=C)=C(OCCCCCCCCCOC(=O)C=C)C(=O)OC(=O)C(OCCCCCCCCCOC(=O)C=C)=C(OCCCCCCCCCCOC(=O)C=C)OCCCCCCCCCCC(OCCCCCCCCOC(=O)C=C)OC(=O)C=C. The minimum absolute atomic E-state index is 0.0692. The molecule has 27 nitrogen and oxygen atoms in total. The maximum atomic E-state index is 15.1. The second-order valence-corrected chi connectivity index (χ2v) is 33.2. The Balaban J connectivity index is 7.09. The summed E-state index contributed by atoms with van der Waals surface area (Å²) in [5.74, 6) is -7.03. The molecule has 0 aromatic heterocycles. The number of esters is 10. The lowest BCUT2D eigenvalue weighted by Crippen LogP contribution is -2.24. The molecule has 0 aliphatic heterocycles. The average molecular weight is 1880 g/mol. The predicted molar refractivity (Wildman–Crippen MR) is 517 cm³/mol. The van der Waals surface area contributed by atoms with Gasteiger partial charge in [0.25, 0.3) is 11.5 Å². The highest BCUT2D eigenvalue weighted by molar-refractivity contribution is 6.00. The average Bonchev–Trinajstić information content (AvgIpc) is 0.850. The number of hydrogen-bond donors (Lipinski definition) is 0. The van der Waals surface area contributed by atoms with Crippen molar-refractivity contribution in [3.63, 3.8) is 0 Å². The normalized spacial score (nSPS) is 11.8. The monoisotopic (exact) mass is 1880 g/mol. The molecular formula is C106H174O27. The van der Waals surface area contributed by atoms with Crippen molar-refractivity contribution in [2.45, 2.75) is 398 Å². The fourth-order valence-electron chi connectivity index (χ4n) is 13.9. The molecule has 0 saturated carbocycles. The standard InChI is InChI=1S/C106H174O27/c1-9-91(107)117-77-61-45-29-21-23-33-57-73-89-129-105(127-87-71-55-31-19-17-27-43-59-75-99(131-97(113)15-7)123-83-67-51-41-39-49-65-81-121-95(111)13-5)101(125-85-69-53-37-25-35-47-63-79-119-93(109)11-3)103(115)133-104(116)102(126-86-70-54-38-26-36-48-64-80-120-94(110)12-4)106(130-90-74-58-34-24-22-30-46-62-78-118-92(108)10-2)128-88-72-56-32-20-18-28-44-60-76-100(132-98(114)16-8)124-84-68-52-42-40-50-66-82-122-96(112)14-6/h9-16,99-100H,1-8,17-90H2. The van der Waals surface area contributed by atoms with Gasteiger partial charge in [-0.2, -0.15) is 0 Å². The van der Waals surface area contributed by atoms with Gasteiger partial charge in [-0.3, -0.25) is 0 Å². The zero-order valence-corrected chi connectivity index (χ0v) is 81.8. The highest BCUT2D eigenvalue weighted by Crippen LogP contribution is 2.25. The van der Waals surface area contributed by atoms with Crippen LogP contribution in [0.1, 0.15) is 385 Å². The molecule has 0 amide bonds. The number of rotatable bonds is 102. The summed E-state index contributed by atoms with van der Waals surface area (Å²) in [7, 11) is 0. The van der Waals surface area contributed by atoms with E-state index in [1.54, 1.807) is 0 Å². The van der Waals surface area contributed by atoms with Gasteiger partial charge < -0.3 is 80.5 Å². The molecule has 0 spiro atoms. The van der Waals surface area contributed by atoms with Crippen LogP contribution in [0.2, 0.25) is 0 Å². The predicted octanol–water partition coefficient (Wildman–Crippen LogP) is 24.4.